The molecule has 0 aliphatic heterocycles. The van der Waals surface area contributed by atoms with Gasteiger partial charge in [0.1, 0.15) is 11.6 Å². The Labute approximate surface area is 162 Å². The zero-order chi connectivity index (χ0) is 19.9. The fourth-order valence-electron chi connectivity index (χ4n) is 2.56. The van der Waals surface area contributed by atoms with Gasteiger partial charge in [0.15, 0.2) is 11.5 Å². The first-order valence-corrected chi connectivity index (χ1v) is 8.57. The third-order valence-electron chi connectivity index (χ3n) is 4.05. The highest BCUT2D eigenvalue weighted by molar-refractivity contribution is 6.04. The van der Waals surface area contributed by atoms with E-state index in [1.54, 1.807) is 32.5 Å². The predicted octanol–water partition coefficient (Wildman–Crippen LogP) is 4.10. The van der Waals surface area contributed by atoms with E-state index in [2.05, 4.69) is 15.6 Å². The van der Waals surface area contributed by atoms with Gasteiger partial charge >= 0.3 is 0 Å². The first-order valence-electron chi connectivity index (χ1n) is 8.57. The Balaban J connectivity index is 1.58. The van der Waals surface area contributed by atoms with Gasteiger partial charge in [-0.15, -0.1) is 0 Å². The van der Waals surface area contributed by atoms with Crippen molar-refractivity contribution >= 4 is 17.4 Å². The second-order valence-corrected chi connectivity index (χ2v) is 5.94. The number of benzene rings is 2. The van der Waals surface area contributed by atoms with E-state index in [4.69, 9.17) is 9.47 Å². The minimum atomic E-state index is -0.386. The van der Waals surface area contributed by atoms with Gasteiger partial charge in [0.25, 0.3) is 5.91 Å². The quantitative estimate of drug-likeness (QED) is 0.645. The van der Waals surface area contributed by atoms with E-state index in [1.165, 1.54) is 24.3 Å². The third kappa shape index (κ3) is 4.76. The number of hydrogen-bond donors (Lipinski definition) is 2. The van der Waals surface area contributed by atoms with E-state index in [1.807, 2.05) is 18.2 Å². The van der Waals surface area contributed by atoms with Crippen molar-refractivity contribution in [1.29, 1.82) is 0 Å². The largest absolute Gasteiger partial charge is 0.493 e. The Morgan fingerprint density at radius 3 is 2.39 bits per heavy atom. The predicted molar refractivity (Wildman–Crippen MR) is 105 cm³/mol. The number of carbonyl (C=O) groups is 1. The second-order valence-electron chi connectivity index (χ2n) is 5.94. The van der Waals surface area contributed by atoms with Gasteiger partial charge in [-0.1, -0.05) is 6.07 Å². The van der Waals surface area contributed by atoms with Gasteiger partial charge in [-0.05, 0) is 54.1 Å². The van der Waals surface area contributed by atoms with Gasteiger partial charge in [-0.3, -0.25) is 4.79 Å². The van der Waals surface area contributed by atoms with Crippen molar-refractivity contribution in [2.24, 2.45) is 0 Å². The smallest absolute Gasteiger partial charge is 0.255 e. The lowest BCUT2D eigenvalue weighted by Gasteiger charge is -2.11. The van der Waals surface area contributed by atoms with Crippen LogP contribution in [0.2, 0.25) is 0 Å². The van der Waals surface area contributed by atoms with Crippen molar-refractivity contribution < 1.29 is 18.7 Å². The summed E-state index contributed by atoms with van der Waals surface area (Å²) >= 11 is 0. The molecular weight excluding hydrogens is 361 g/mol. The summed E-state index contributed by atoms with van der Waals surface area (Å²) in [5.74, 6) is 1.28. The van der Waals surface area contributed by atoms with Crippen LogP contribution in [0.15, 0.2) is 60.8 Å². The average molecular weight is 381 g/mol. The average Bonchev–Trinajstić information content (AvgIpc) is 2.73. The summed E-state index contributed by atoms with van der Waals surface area (Å²) in [5, 5.41) is 5.93. The number of rotatable bonds is 7. The van der Waals surface area contributed by atoms with Crippen LogP contribution in [0.25, 0.3) is 0 Å². The van der Waals surface area contributed by atoms with Gasteiger partial charge in [0.2, 0.25) is 0 Å². The summed E-state index contributed by atoms with van der Waals surface area (Å²) in [5.41, 5.74) is 1.93. The van der Waals surface area contributed by atoms with Crippen LogP contribution in [0.4, 0.5) is 15.9 Å². The maximum atomic E-state index is 12.9. The van der Waals surface area contributed by atoms with E-state index in [9.17, 15) is 9.18 Å². The summed E-state index contributed by atoms with van der Waals surface area (Å²) in [6.07, 6.45) is 1.55. The van der Waals surface area contributed by atoms with Gasteiger partial charge in [0.05, 0.1) is 26.1 Å². The van der Waals surface area contributed by atoms with Crippen LogP contribution < -0.4 is 20.1 Å². The lowest BCUT2D eigenvalue weighted by Crippen LogP contribution is -2.12. The highest BCUT2D eigenvalue weighted by Crippen LogP contribution is 2.27. The normalized spacial score (nSPS) is 10.2. The Kier molecular flexibility index (Phi) is 6.06. The number of aromatic nitrogens is 1. The van der Waals surface area contributed by atoms with Crippen molar-refractivity contribution in [3.05, 3.63) is 77.7 Å². The van der Waals surface area contributed by atoms with Crippen LogP contribution in [0, 0.1) is 5.82 Å². The number of nitrogens with zero attached hydrogens (tertiary/aromatic N) is 1. The highest BCUT2D eigenvalue weighted by atomic mass is 19.1. The lowest BCUT2D eigenvalue weighted by atomic mass is 10.2. The number of carbonyl (C=O) groups excluding carboxylic acids is 1. The molecule has 0 aliphatic rings. The maximum absolute atomic E-state index is 12.9. The highest BCUT2D eigenvalue weighted by Gasteiger charge is 2.07. The lowest BCUT2D eigenvalue weighted by molar-refractivity contribution is 0.102. The van der Waals surface area contributed by atoms with E-state index >= 15 is 0 Å². The second kappa shape index (κ2) is 8.85. The number of amides is 1. The minimum absolute atomic E-state index is 0.326. The number of anilines is 2. The fourth-order valence-corrected chi connectivity index (χ4v) is 2.56. The molecule has 2 N–H and O–H groups in total. The molecular formula is C21H20FN3O3. The van der Waals surface area contributed by atoms with Gasteiger partial charge < -0.3 is 20.1 Å². The molecule has 0 radical (unpaired) electrons. The summed E-state index contributed by atoms with van der Waals surface area (Å²) in [4.78, 5) is 16.4. The Bertz CT molecular complexity index is 944. The van der Waals surface area contributed by atoms with Crippen molar-refractivity contribution in [2.45, 2.75) is 6.54 Å². The molecule has 28 heavy (non-hydrogen) atoms. The number of ether oxygens (including phenoxy) is 2. The van der Waals surface area contributed by atoms with E-state index in [0.29, 0.717) is 35.1 Å². The van der Waals surface area contributed by atoms with E-state index < -0.39 is 0 Å². The molecule has 1 amide bonds. The molecule has 0 fully saturated rings. The first kappa shape index (κ1) is 19.2. The van der Waals surface area contributed by atoms with E-state index in [-0.39, 0.29) is 11.7 Å². The summed E-state index contributed by atoms with van der Waals surface area (Å²) in [6, 6.07) is 14.5. The molecule has 0 bridgehead atoms. The molecule has 7 heteroatoms. The molecule has 1 aromatic heterocycles. The van der Waals surface area contributed by atoms with Crippen molar-refractivity contribution in [1.82, 2.24) is 4.98 Å². The molecule has 3 rings (SSSR count). The summed E-state index contributed by atoms with van der Waals surface area (Å²) in [7, 11) is 3.19. The Morgan fingerprint density at radius 2 is 1.75 bits per heavy atom. The zero-order valence-corrected chi connectivity index (χ0v) is 15.5. The number of methoxy groups -OCH3 is 2. The number of halogens is 1. The molecule has 2 aromatic carbocycles. The van der Waals surface area contributed by atoms with Gasteiger partial charge in [0, 0.05) is 12.1 Å². The third-order valence-corrected chi connectivity index (χ3v) is 4.05. The maximum Gasteiger partial charge on any atom is 0.255 e. The van der Waals surface area contributed by atoms with Crippen molar-refractivity contribution in [3.8, 4) is 11.5 Å². The number of nitrogens with one attached hydrogen (secondary N) is 2. The van der Waals surface area contributed by atoms with Crippen molar-refractivity contribution in [3.63, 3.8) is 0 Å². The monoisotopic (exact) mass is 381 g/mol. The summed E-state index contributed by atoms with van der Waals surface area (Å²) < 4.78 is 23.5. The number of hydrogen-bond acceptors (Lipinski definition) is 5. The van der Waals surface area contributed by atoms with Crippen LogP contribution in [0.1, 0.15) is 15.9 Å². The van der Waals surface area contributed by atoms with Gasteiger partial charge in [-0.2, -0.15) is 0 Å². The van der Waals surface area contributed by atoms with Crippen LogP contribution >= 0.6 is 0 Å². The van der Waals surface area contributed by atoms with Crippen LogP contribution in [-0.2, 0) is 6.54 Å². The molecule has 0 atom stereocenters. The number of pyridine rings is 1. The van der Waals surface area contributed by atoms with Crippen LogP contribution in [0.5, 0.6) is 11.5 Å². The molecule has 3 aromatic rings. The summed E-state index contributed by atoms with van der Waals surface area (Å²) in [6.45, 7) is 0.550. The Hall–Kier alpha value is -3.61. The Morgan fingerprint density at radius 1 is 1.00 bits per heavy atom. The fraction of sp³-hybridized carbons (Fsp3) is 0.143. The molecule has 1 heterocycles. The molecule has 0 saturated heterocycles. The molecule has 6 nitrogen and oxygen atoms in total. The molecule has 0 spiro atoms. The van der Waals surface area contributed by atoms with Crippen LogP contribution in [-0.4, -0.2) is 25.1 Å². The molecule has 0 unspecified atom stereocenters. The van der Waals surface area contributed by atoms with Crippen molar-refractivity contribution in [2.75, 3.05) is 24.9 Å². The first-order chi connectivity index (χ1) is 13.6. The van der Waals surface area contributed by atoms with Gasteiger partial charge in [-0.25, -0.2) is 9.37 Å². The molecule has 144 valence electrons. The topological polar surface area (TPSA) is 72.5 Å². The SMILES string of the molecule is COc1ccc(CNc2ccc(NC(=O)c3ccc(F)cc3)cn2)cc1OC. The zero-order valence-electron chi connectivity index (χ0n) is 15.5. The standard InChI is InChI=1S/C21H20FN3O3/c1-27-18-9-3-14(11-19(18)28-2)12-23-20-10-8-17(13-24-20)25-21(26)15-4-6-16(22)7-5-15/h3-11,13H,12H2,1-2H3,(H,23,24)(H,25,26). The molecule has 0 saturated carbocycles. The molecule has 0 aliphatic carbocycles. The van der Waals surface area contributed by atoms with E-state index in [0.717, 1.165) is 5.56 Å². The van der Waals surface area contributed by atoms with Crippen LogP contribution in [0.3, 0.4) is 0 Å². The minimum Gasteiger partial charge on any atom is -0.493 e.